The van der Waals surface area contributed by atoms with E-state index >= 15 is 8.78 Å². The summed E-state index contributed by atoms with van der Waals surface area (Å²) >= 11 is 0. The minimum atomic E-state index is -0.674. The number of nitrogens with zero attached hydrogens (tertiary/aromatic N) is 1. The molecule has 4 rings (SSSR count). The van der Waals surface area contributed by atoms with Gasteiger partial charge in [-0.05, 0) is 55.2 Å². The summed E-state index contributed by atoms with van der Waals surface area (Å²) in [5.41, 5.74) is 3.84. The predicted octanol–water partition coefficient (Wildman–Crippen LogP) is 5.89. The van der Waals surface area contributed by atoms with Crippen molar-refractivity contribution in [2.45, 2.75) is 38.8 Å². The van der Waals surface area contributed by atoms with E-state index in [1.165, 1.54) is 25.3 Å². The second kappa shape index (κ2) is 8.61. The number of halogens is 2. The molecule has 2 heterocycles. The van der Waals surface area contributed by atoms with Gasteiger partial charge < -0.3 is 14.6 Å². The Morgan fingerprint density at radius 2 is 1.97 bits per heavy atom. The number of rotatable bonds is 5. The lowest BCUT2D eigenvalue weighted by Gasteiger charge is -2.43. The summed E-state index contributed by atoms with van der Waals surface area (Å²) in [6, 6.07) is 9.74. The van der Waals surface area contributed by atoms with Crippen molar-refractivity contribution >= 4 is 22.9 Å². The summed E-state index contributed by atoms with van der Waals surface area (Å²) in [6.45, 7) is 8.23. The zero-order valence-corrected chi connectivity index (χ0v) is 18.4. The smallest absolute Gasteiger partial charge is 0.330 e. The van der Waals surface area contributed by atoms with Crippen LogP contribution in [0.4, 0.5) is 8.78 Å². The zero-order chi connectivity index (χ0) is 23.0. The van der Waals surface area contributed by atoms with E-state index in [2.05, 4.69) is 23.2 Å². The van der Waals surface area contributed by atoms with Crippen LogP contribution in [0, 0.1) is 11.6 Å². The van der Waals surface area contributed by atoms with Gasteiger partial charge in [0, 0.05) is 34.4 Å². The molecule has 0 radical (unpaired) electrons. The van der Waals surface area contributed by atoms with Crippen LogP contribution >= 0.6 is 0 Å². The highest BCUT2D eigenvalue weighted by molar-refractivity contribution is 5.87. The Balaban J connectivity index is 1.90. The number of benzene rings is 2. The maximum atomic E-state index is 15.5. The van der Waals surface area contributed by atoms with E-state index < -0.39 is 23.6 Å². The molecule has 0 aliphatic carbocycles. The molecular weight excluding hydrogens is 410 g/mol. The van der Waals surface area contributed by atoms with Gasteiger partial charge in [0.1, 0.15) is 17.7 Å². The van der Waals surface area contributed by atoms with Crippen LogP contribution in [0.5, 0.6) is 0 Å². The van der Waals surface area contributed by atoms with Gasteiger partial charge in [0.05, 0.1) is 12.7 Å². The normalized spacial score (nSPS) is 18.2. The van der Waals surface area contributed by atoms with Crippen molar-refractivity contribution in [2.24, 2.45) is 0 Å². The highest BCUT2D eigenvalue weighted by Crippen LogP contribution is 2.44. The third-order valence-corrected chi connectivity index (χ3v) is 6.13. The van der Waals surface area contributed by atoms with Crippen LogP contribution in [0.15, 0.2) is 54.8 Å². The Bertz CT molecular complexity index is 1200. The summed E-state index contributed by atoms with van der Waals surface area (Å²) in [6.07, 6.45) is 3.89. The number of aromatic amines is 1. The van der Waals surface area contributed by atoms with Gasteiger partial charge in [0.15, 0.2) is 0 Å². The fourth-order valence-corrected chi connectivity index (χ4v) is 4.62. The van der Waals surface area contributed by atoms with Crippen molar-refractivity contribution < 1.29 is 18.3 Å². The van der Waals surface area contributed by atoms with Gasteiger partial charge in [-0.1, -0.05) is 31.7 Å². The Hall–Kier alpha value is -3.41. The van der Waals surface area contributed by atoms with Gasteiger partial charge in [0.2, 0.25) is 0 Å². The monoisotopic (exact) mass is 436 g/mol. The largest absolute Gasteiger partial charge is 0.466 e. The molecule has 1 aliphatic heterocycles. The van der Waals surface area contributed by atoms with Crippen molar-refractivity contribution in [3.05, 3.63) is 88.8 Å². The summed E-state index contributed by atoms with van der Waals surface area (Å²) in [4.78, 5) is 16.8. The summed E-state index contributed by atoms with van der Waals surface area (Å²) in [5, 5.41) is 1.07. The number of carbonyl (C=O) groups is 1. The molecule has 2 atom stereocenters. The molecule has 3 aromatic rings. The first-order valence-corrected chi connectivity index (χ1v) is 10.7. The van der Waals surface area contributed by atoms with Crippen molar-refractivity contribution in [3.8, 4) is 0 Å². The number of aromatic nitrogens is 1. The molecule has 4 nitrogen and oxygen atoms in total. The maximum Gasteiger partial charge on any atom is 0.330 e. The Morgan fingerprint density at radius 1 is 1.28 bits per heavy atom. The Kier molecular flexibility index (Phi) is 5.87. The van der Waals surface area contributed by atoms with Crippen LogP contribution in [0.25, 0.3) is 17.0 Å². The van der Waals surface area contributed by atoms with E-state index in [1.807, 2.05) is 36.1 Å². The fraction of sp³-hybridized carbons (Fsp3) is 0.269. The number of nitrogens with one attached hydrogen (secondary N) is 1. The third-order valence-electron chi connectivity index (χ3n) is 6.13. The Labute approximate surface area is 186 Å². The molecule has 0 amide bonds. The first-order valence-electron chi connectivity index (χ1n) is 10.7. The molecule has 0 saturated carbocycles. The number of esters is 1. The minimum Gasteiger partial charge on any atom is -0.466 e. The van der Waals surface area contributed by atoms with E-state index in [0.29, 0.717) is 6.42 Å². The molecule has 0 bridgehead atoms. The number of H-pyrrole nitrogens is 1. The second-order valence-corrected chi connectivity index (χ2v) is 8.10. The van der Waals surface area contributed by atoms with Gasteiger partial charge in [-0.25, -0.2) is 13.6 Å². The number of hydrogen-bond donors (Lipinski definition) is 1. The molecule has 1 N–H and O–H groups in total. The van der Waals surface area contributed by atoms with Crippen LogP contribution in [0.1, 0.15) is 48.7 Å². The topological polar surface area (TPSA) is 45.3 Å². The highest BCUT2D eigenvalue weighted by atomic mass is 19.1. The lowest BCUT2D eigenvalue weighted by atomic mass is 9.87. The number of fused-ring (bicyclic) bond motifs is 3. The predicted molar refractivity (Wildman–Crippen MR) is 122 cm³/mol. The molecule has 1 aromatic heterocycles. The van der Waals surface area contributed by atoms with Gasteiger partial charge in [-0.3, -0.25) is 0 Å². The van der Waals surface area contributed by atoms with Crippen LogP contribution in [-0.2, 0) is 16.0 Å². The summed E-state index contributed by atoms with van der Waals surface area (Å²) < 4.78 is 35.5. The standard InChI is InChI=1S/C26H26F2N2O2/c1-5-15(2)30-16(3)12-19-18-8-6-7-9-22(18)29-25(19)26(30)24-20(27)13-17(14-21(24)28)10-11-23(31)32-4/h6-11,13-14,16,26,29H,2,5,12H2,1,3-4H3/b11-10+/t16-,26-/m1/s1. The van der Waals surface area contributed by atoms with Crippen LogP contribution < -0.4 is 0 Å². The first-order chi connectivity index (χ1) is 15.3. The summed E-state index contributed by atoms with van der Waals surface area (Å²) in [7, 11) is 1.24. The molecular formula is C26H26F2N2O2. The van der Waals surface area contributed by atoms with Gasteiger partial charge in [-0.2, -0.15) is 0 Å². The summed E-state index contributed by atoms with van der Waals surface area (Å²) in [5.74, 6) is -1.94. The van der Waals surface area contributed by atoms with Gasteiger partial charge in [-0.15, -0.1) is 0 Å². The number of ether oxygens (including phenoxy) is 1. The third kappa shape index (κ3) is 3.70. The van der Waals surface area contributed by atoms with Crippen LogP contribution in [-0.4, -0.2) is 29.0 Å². The molecule has 1 aliphatic rings. The first kappa shape index (κ1) is 21.8. The van der Waals surface area contributed by atoms with E-state index in [9.17, 15) is 4.79 Å². The van der Waals surface area contributed by atoms with Crippen LogP contribution in [0.3, 0.4) is 0 Å². The van der Waals surface area contributed by atoms with Crippen molar-refractivity contribution in [3.63, 3.8) is 0 Å². The minimum absolute atomic E-state index is 0.0110. The van der Waals surface area contributed by atoms with Gasteiger partial charge >= 0.3 is 5.97 Å². The van der Waals surface area contributed by atoms with Crippen LogP contribution in [0.2, 0.25) is 0 Å². The average Bonchev–Trinajstić information content (AvgIpc) is 3.14. The average molecular weight is 437 g/mol. The van der Waals surface area contributed by atoms with E-state index in [1.54, 1.807) is 0 Å². The maximum absolute atomic E-state index is 15.5. The highest BCUT2D eigenvalue weighted by Gasteiger charge is 2.38. The quantitative estimate of drug-likeness (QED) is 0.401. The molecule has 166 valence electrons. The molecule has 6 heteroatoms. The lowest BCUT2D eigenvalue weighted by Crippen LogP contribution is -2.42. The van der Waals surface area contributed by atoms with E-state index in [4.69, 9.17) is 0 Å². The molecule has 0 fully saturated rings. The SMILES string of the molecule is C=C(CC)N1[C@H](c2c(F)cc(/C=C/C(=O)OC)cc2F)c2[nH]c3ccccc3c2C[C@H]1C. The van der Waals surface area contributed by atoms with Crippen molar-refractivity contribution in [2.75, 3.05) is 7.11 Å². The molecule has 0 spiro atoms. The van der Waals surface area contributed by atoms with Crippen molar-refractivity contribution in [1.82, 2.24) is 9.88 Å². The Morgan fingerprint density at radius 3 is 2.62 bits per heavy atom. The number of allylic oxidation sites excluding steroid dienone is 1. The van der Waals surface area contributed by atoms with E-state index in [0.717, 1.165) is 40.4 Å². The van der Waals surface area contributed by atoms with Crippen molar-refractivity contribution in [1.29, 1.82) is 0 Å². The number of para-hydroxylation sites is 1. The second-order valence-electron chi connectivity index (χ2n) is 8.10. The molecule has 2 aromatic carbocycles. The van der Waals surface area contributed by atoms with Gasteiger partial charge in [0.25, 0.3) is 0 Å². The molecule has 0 saturated heterocycles. The lowest BCUT2D eigenvalue weighted by molar-refractivity contribution is -0.134. The molecule has 0 unspecified atom stereocenters. The zero-order valence-electron chi connectivity index (χ0n) is 18.4. The van der Waals surface area contributed by atoms with E-state index in [-0.39, 0.29) is 17.2 Å². The fourth-order valence-electron chi connectivity index (χ4n) is 4.62. The number of methoxy groups -OCH3 is 1. The number of carbonyl (C=O) groups excluding carboxylic acids is 1. The number of hydrogen-bond acceptors (Lipinski definition) is 3. The molecule has 32 heavy (non-hydrogen) atoms.